The van der Waals surface area contributed by atoms with Gasteiger partial charge in [-0.25, -0.2) is 9.18 Å². The molecular weight excluding hydrogens is 678 g/mol. The Labute approximate surface area is 298 Å². The third kappa shape index (κ3) is 11.3. The summed E-state index contributed by atoms with van der Waals surface area (Å²) >= 11 is 0. The van der Waals surface area contributed by atoms with Gasteiger partial charge in [0.1, 0.15) is 11.6 Å². The van der Waals surface area contributed by atoms with Crippen molar-refractivity contribution in [3.05, 3.63) is 149 Å². The zero-order chi connectivity index (χ0) is 37.7. The number of carbonyl (C=O) groups excluding carboxylic acids is 2. The standard InChI is InChI=1S/C38H36FN3O3.C2HF3O2/c1-27-9-2-4-13-33(27)30-19-17-28(18-20-30)26-42(38(44)22-21-37(43)41-25-31-11-3-5-14-34(31)39)35-15-6-7-16-36(35)45-32-12-8-10-29(23-32)24-40;3-2(4,5)1(6)7/h2-20,23H,21-22,24-26,40H2,1H3,(H,41,43);(H,6,7). The highest BCUT2D eigenvalue weighted by Crippen LogP contribution is 2.34. The summed E-state index contributed by atoms with van der Waals surface area (Å²) < 4.78 is 52.0. The molecule has 2 amide bonds. The zero-order valence-corrected chi connectivity index (χ0v) is 28.2. The maximum Gasteiger partial charge on any atom is 0.490 e. The summed E-state index contributed by atoms with van der Waals surface area (Å²) in [5.41, 5.74) is 12.1. The van der Waals surface area contributed by atoms with Gasteiger partial charge in [0.25, 0.3) is 0 Å². The Hall–Kier alpha value is -6.01. The Morgan fingerprint density at radius 2 is 1.46 bits per heavy atom. The third-order valence-electron chi connectivity index (χ3n) is 7.81. The number of hydrogen-bond donors (Lipinski definition) is 3. The molecule has 4 N–H and O–H groups in total. The van der Waals surface area contributed by atoms with Crippen LogP contribution in [0.15, 0.2) is 121 Å². The van der Waals surface area contributed by atoms with Crippen molar-refractivity contribution in [3.63, 3.8) is 0 Å². The number of aryl methyl sites for hydroxylation is 1. The van der Waals surface area contributed by atoms with Crippen LogP contribution in [0.3, 0.4) is 0 Å². The molecule has 0 radical (unpaired) electrons. The molecule has 0 aliphatic carbocycles. The van der Waals surface area contributed by atoms with Crippen LogP contribution in [0.5, 0.6) is 11.5 Å². The van der Waals surface area contributed by atoms with Crippen molar-refractivity contribution in [1.29, 1.82) is 0 Å². The lowest BCUT2D eigenvalue weighted by molar-refractivity contribution is -0.192. The molecule has 0 fully saturated rings. The van der Waals surface area contributed by atoms with E-state index in [1.165, 1.54) is 11.6 Å². The van der Waals surface area contributed by atoms with Crippen LogP contribution >= 0.6 is 0 Å². The van der Waals surface area contributed by atoms with E-state index in [1.54, 1.807) is 23.1 Å². The first-order chi connectivity index (χ1) is 24.8. The second-order valence-corrected chi connectivity index (χ2v) is 11.6. The number of nitrogens with two attached hydrogens (primary N) is 1. The van der Waals surface area contributed by atoms with Gasteiger partial charge in [0.15, 0.2) is 5.75 Å². The van der Waals surface area contributed by atoms with Crippen LogP contribution in [0.2, 0.25) is 0 Å². The molecule has 0 aliphatic heterocycles. The van der Waals surface area contributed by atoms with E-state index in [2.05, 4.69) is 36.5 Å². The van der Waals surface area contributed by atoms with Crippen LogP contribution in [-0.4, -0.2) is 29.1 Å². The minimum Gasteiger partial charge on any atom is -0.475 e. The number of carboxylic acids is 1. The topological polar surface area (TPSA) is 122 Å². The van der Waals surface area contributed by atoms with Crippen LogP contribution in [0.4, 0.5) is 23.2 Å². The van der Waals surface area contributed by atoms with Gasteiger partial charge in [-0.1, -0.05) is 91.0 Å². The molecule has 270 valence electrons. The summed E-state index contributed by atoms with van der Waals surface area (Å²) in [7, 11) is 0. The average Bonchev–Trinajstić information content (AvgIpc) is 3.13. The van der Waals surface area contributed by atoms with Gasteiger partial charge in [-0.2, -0.15) is 13.2 Å². The monoisotopic (exact) mass is 715 g/mol. The van der Waals surface area contributed by atoms with Crippen molar-refractivity contribution < 1.29 is 41.8 Å². The van der Waals surface area contributed by atoms with Gasteiger partial charge < -0.3 is 25.8 Å². The highest BCUT2D eigenvalue weighted by Gasteiger charge is 2.38. The fourth-order valence-corrected chi connectivity index (χ4v) is 5.09. The lowest BCUT2D eigenvalue weighted by Gasteiger charge is -2.25. The molecule has 5 aromatic carbocycles. The van der Waals surface area contributed by atoms with Crippen LogP contribution < -0.4 is 20.7 Å². The van der Waals surface area contributed by atoms with Crippen molar-refractivity contribution in [2.45, 2.75) is 45.6 Å². The van der Waals surface area contributed by atoms with E-state index < -0.39 is 12.1 Å². The van der Waals surface area contributed by atoms with Crippen molar-refractivity contribution >= 4 is 23.5 Å². The number of benzene rings is 5. The van der Waals surface area contributed by atoms with Gasteiger partial charge in [0.2, 0.25) is 11.8 Å². The van der Waals surface area contributed by atoms with Crippen LogP contribution in [0, 0.1) is 12.7 Å². The lowest BCUT2D eigenvalue weighted by Crippen LogP contribution is -2.32. The first kappa shape index (κ1) is 38.8. The van der Waals surface area contributed by atoms with E-state index in [4.69, 9.17) is 20.4 Å². The number of carbonyl (C=O) groups is 3. The number of ether oxygens (including phenoxy) is 1. The van der Waals surface area contributed by atoms with Crippen LogP contribution in [0.25, 0.3) is 11.1 Å². The van der Waals surface area contributed by atoms with Crippen LogP contribution in [0.1, 0.15) is 35.1 Å². The number of carboxylic acid groups (broad SMARTS) is 1. The normalized spacial score (nSPS) is 10.8. The molecule has 0 aliphatic rings. The fraction of sp³-hybridized carbons (Fsp3) is 0.175. The molecule has 5 rings (SSSR count). The largest absolute Gasteiger partial charge is 0.490 e. The molecule has 0 saturated heterocycles. The zero-order valence-electron chi connectivity index (χ0n) is 28.2. The maximum atomic E-state index is 14.0. The predicted octanol–water partition coefficient (Wildman–Crippen LogP) is 8.32. The Balaban J connectivity index is 0.000000785. The Morgan fingerprint density at radius 1 is 0.808 bits per heavy atom. The number of alkyl halides is 3. The van der Waals surface area contributed by atoms with Crippen molar-refractivity contribution in [2.75, 3.05) is 4.90 Å². The highest BCUT2D eigenvalue weighted by molar-refractivity contribution is 5.96. The lowest BCUT2D eigenvalue weighted by atomic mass is 9.99. The average molecular weight is 716 g/mol. The minimum atomic E-state index is -5.08. The van der Waals surface area contributed by atoms with Gasteiger partial charge in [-0.15, -0.1) is 0 Å². The SMILES string of the molecule is Cc1ccccc1-c1ccc(CN(C(=O)CCC(=O)NCc2ccccc2F)c2ccccc2Oc2cccc(CN)c2)cc1.O=C(O)C(F)(F)F. The summed E-state index contributed by atoms with van der Waals surface area (Å²) in [6, 6.07) is 37.5. The van der Waals surface area contributed by atoms with E-state index in [9.17, 15) is 27.2 Å². The van der Waals surface area contributed by atoms with E-state index in [1.807, 2.05) is 72.8 Å². The molecule has 52 heavy (non-hydrogen) atoms. The highest BCUT2D eigenvalue weighted by atomic mass is 19.4. The molecule has 0 spiro atoms. The van der Waals surface area contributed by atoms with Crippen molar-refractivity contribution in [1.82, 2.24) is 5.32 Å². The summed E-state index contributed by atoms with van der Waals surface area (Å²) in [6.45, 7) is 2.78. The predicted molar refractivity (Wildman–Crippen MR) is 190 cm³/mol. The number of aliphatic carboxylic acids is 1. The van der Waals surface area contributed by atoms with Gasteiger partial charge in [0, 0.05) is 31.5 Å². The number of nitrogens with zero attached hydrogens (tertiary/aromatic N) is 1. The molecule has 8 nitrogen and oxygen atoms in total. The van der Waals surface area contributed by atoms with E-state index in [0.29, 0.717) is 29.3 Å². The number of para-hydroxylation sites is 2. The van der Waals surface area contributed by atoms with Crippen LogP contribution in [-0.2, 0) is 34.0 Å². The molecule has 0 heterocycles. The summed E-state index contributed by atoms with van der Waals surface area (Å²) in [5.74, 6) is -2.62. The van der Waals surface area contributed by atoms with Gasteiger partial charge >= 0.3 is 12.1 Å². The summed E-state index contributed by atoms with van der Waals surface area (Å²) in [4.78, 5) is 37.1. The smallest absolute Gasteiger partial charge is 0.475 e. The van der Waals surface area contributed by atoms with Gasteiger partial charge in [-0.3, -0.25) is 9.59 Å². The number of rotatable bonds is 12. The van der Waals surface area contributed by atoms with E-state index in [-0.39, 0.29) is 43.6 Å². The third-order valence-corrected chi connectivity index (χ3v) is 7.81. The Bertz CT molecular complexity index is 1980. The van der Waals surface area contributed by atoms with Crippen molar-refractivity contribution in [2.24, 2.45) is 5.73 Å². The molecule has 0 atom stereocenters. The van der Waals surface area contributed by atoms with Crippen molar-refractivity contribution in [3.8, 4) is 22.6 Å². The molecule has 12 heteroatoms. The fourth-order valence-electron chi connectivity index (χ4n) is 5.09. The summed E-state index contributed by atoms with van der Waals surface area (Å²) in [5, 5.41) is 9.85. The second kappa shape index (κ2) is 18.3. The summed E-state index contributed by atoms with van der Waals surface area (Å²) in [6.07, 6.45) is -5.17. The first-order valence-corrected chi connectivity index (χ1v) is 16.2. The Morgan fingerprint density at radius 3 is 2.13 bits per heavy atom. The molecular formula is C40H37F4N3O5. The Kier molecular flexibility index (Phi) is 13.6. The maximum absolute atomic E-state index is 14.0. The second-order valence-electron chi connectivity index (χ2n) is 11.6. The van der Waals surface area contributed by atoms with Gasteiger partial charge in [0.05, 0.1) is 12.2 Å². The quantitative estimate of drug-likeness (QED) is 0.112. The molecule has 0 aromatic heterocycles. The molecule has 0 saturated carbocycles. The van der Waals surface area contributed by atoms with Gasteiger partial charge in [-0.05, 0) is 65.1 Å². The number of amides is 2. The minimum absolute atomic E-state index is 0.0403. The number of nitrogens with one attached hydrogen (secondary N) is 1. The molecule has 0 unspecified atom stereocenters. The molecule has 0 bridgehead atoms. The molecule has 5 aromatic rings. The number of halogens is 4. The van der Waals surface area contributed by atoms with E-state index in [0.717, 1.165) is 22.3 Å². The van der Waals surface area contributed by atoms with E-state index >= 15 is 0 Å². The number of hydrogen-bond acceptors (Lipinski definition) is 5. The number of anilines is 1. The first-order valence-electron chi connectivity index (χ1n) is 16.2.